The molecule has 0 unspecified atom stereocenters. The van der Waals surface area contributed by atoms with Crippen LogP contribution in [0.25, 0.3) is 11.5 Å². The van der Waals surface area contributed by atoms with Crippen molar-refractivity contribution in [1.29, 1.82) is 0 Å². The molecule has 0 spiro atoms. The summed E-state index contributed by atoms with van der Waals surface area (Å²) in [5.74, 6) is 2.67. The van der Waals surface area contributed by atoms with Gasteiger partial charge in [0.05, 0.1) is 5.56 Å². The number of carbonyl (C=O) groups excluding carboxylic acids is 1. The predicted molar refractivity (Wildman–Crippen MR) is 97.7 cm³/mol. The van der Waals surface area contributed by atoms with E-state index < -0.39 is 0 Å². The minimum Gasteiger partial charge on any atom is -0.466 e. The van der Waals surface area contributed by atoms with E-state index in [0.717, 1.165) is 49.7 Å². The van der Waals surface area contributed by atoms with Gasteiger partial charge in [0.25, 0.3) is 5.89 Å². The molecule has 0 aromatic carbocycles. The first-order valence-corrected chi connectivity index (χ1v) is 9.43. The minimum absolute atomic E-state index is 0.162. The third-order valence-corrected chi connectivity index (χ3v) is 5.14. The molecular weight excluding hydrogens is 332 g/mol. The second-order valence-electron chi connectivity index (χ2n) is 6.83. The molecule has 3 rings (SSSR count). The Hall–Kier alpha value is -2.15. The molecule has 1 amide bonds. The number of amides is 1. The van der Waals surface area contributed by atoms with E-state index >= 15 is 0 Å². The molecule has 0 radical (unpaired) electrons. The van der Waals surface area contributed by atoms with Crippen molar-refractivity contribution in [3.8, 4) is 11.5 Å². The number of hydrogen-bond donors (Lipinski definition) is 0. The Morgan fingerprint density at radius 1 is 1.27 bits per heavy atom. The summed E-state index contributed by atoms with van der Waals surface area (Å²) in [5.41, 5.74) is 0.814. The Morgan fingerprint density at radius 2 is 2.04 bits per heavy atom. The van der Waals surface area contributed by atoms with Crippen molar-refractivity contribution in [1.82, 2.24) is 20.0 Å². The molecule has 1 atom stereocenters. The highest BCUT2D eigenvalue weighted by Crippen LogP contribution is 2.25. The van der Waals surface area contributed by atoms with E-state index in [9.17, 15) is 4.79 Å². The van der Waals surface area contributed by atoms with Crippen LogP contribution in [0.15, 0.2) is 14.9 Å². The molecule has 2 aromatic rings. The fourth-order valence-electron chi connectivity index (χ4n) is 3.68. The smallest absolute Gasteiger partial charge is 0.251 e. The summed E-state index contributed by atoms with van der Waals surface area (Å²) in [6, 6.07) is 2.37. The third kappa shape index (κ3) is 3.98. The molecule has 1 aliphatic rings. The monoisotopic (exact) mass is 360 g/mol. The summed E-state index contributed by atoms with van der Waals surface area (Å²) >= 11 is 0. The number of likely N-dealkylation sites (N-methyl/N-ethyl adjacent to an activating group) is 1. The number of hydrogen-bond acceptors (Lipinski definition) is 6. The van der Waals surface area contributed by atoms with Gasteiger partial charge in [-0.15, -0.1) is 10.2 Å². The van der Waals surface area contributed by atoms with Crippen LogP contribution < -0.4 is 0 Å². The van der Waals surface area contributed by atoms with E-state index in [4.69, 9.17) is 8.83 Å². The highest BCUT2D eigenvalue weighted by Gasteiger charge is 2.29. The quantitative estimate of drug-likeness (QED) is 0.756. The highest BCUT2D eigenvalue weighted by atomic mass is 16.4. The number of rotatable bonds is 7. The Kier molecular flexibility index (Phi) is 5.76. The van der Waals surface area contributed by atoms with Crippen LogP contribution in [0, 0.1) is 13.8 Å². The van der Waals surface area contributed by atoms with E-state index in [-0.39, 0.29) is 5.91 Å². The number of furan rings is 1. The lowest BCUT2D eigenvalue weighted by Gasteiger charge is -2.26. The number of aromatic nitrogens is 2. The fourth-order valence-corrected chi connectivity index (χ4v) is 3.68. The molecule has 2 aromatic heterocycles. The maximum atomic E-state index is 12.5. The van der Waals surface area contributed by atoms with Crippen LogP contribution in [0.5, 0.6) is 0 Å². The van der Waals surface area contributed by atoms with Gasteiger partial charge in [0.1, 0.15) is 11.5 Å². The Balaban J connectivity index is 1.53. The zero-order chi connectivity index (χ0) is 18.7. The molecule has 1 fully saturated rings. The first-order chi connectivity index (χ1) is 12.5. The molecule has 142 valence electrons. The molecule has 7 heteroatoms. The zero-order valence-corrected chi connectivity index (χ0v) is 16.1. The Bertz CT molecular complexity index is 748. The lowest BCUT2D eigenvalue weighted by molar-refractivity contribution is -0.130. The average Bonchev–Trinajstić information content (AvgIpc) is 3.34. The second kappa shape index (κ2) is 8.03. The van der Waals surface area contributed by atoms with Crippen molar-refractivity contribution in [2.24, 2.45) is 0 Å². The molecule has 0 saturated carbocycles. The fraction of sp³-hybridized carbons (Fsp3) is 0.632. The van der Waals surface area contributed by atoms with Crippen LogP contribution >= 0.6 is 0 Å². The maximum Gasteiger partial charge on any atom is 0.251 e. The van der Waals surface area contributed by atoms with Gasteiger partial charge < -0.3 is 13.7 Å². The topological polar surface area (TPSA) is 75.6 Å². The average molecular weight is 360 g/mol. The van der Waals surface area contributed by atoms with Gasteiger partial charge in [-0.05, 0) is 39.4 Å². The van der Waals surface area contributed by atoms with Gasteiger partial charge >= 0.3 is 0 Å². The van der Waals surface area contributed by atoms with Crippen molar-refractivity contribution in [2.75, 3.05) is 26.2 Å². The number of nitrogens with zero attached hydrogens (tertiary/aromatic N) is 4. The lowest BCUT2D eigenvalue weighted by atomic mass is 10.2. The molecule has 0 aliphatic carbocycles. The van der Waals surface area contributed by atoms with Gasteiger partial charge in [-0.2, -0.15) is 0 Å². The van der Waals surface area contributed by atoms with E-state index in [2.05, 4.69) is 28.9 Å². The molecular formula is C19H28N4O3. The molecule has 0 bridgehead atoms. The number of aryl methyl sites for hydroxylation is 3. The van der Waals surface area contributed by atoms with Gasteiger partial charge in [-0.3, -0.25) is 9.69 Å². The number of carbonyl (C=O) groups is 1. The van der Waals surface area contributed by atoms with Crippen molar-refractivity contribution >= 4 is 5.91 Å². The summed E-state index contributed by atoms with van der Waals surface area (Å²) in [7, 11) is 0. The summed E-state index contributed by atoms with van der Waals surface area (Å²) in [4.78, 5) is 16.9. The van der Waals surface area contributed by atoms with Crippen molar-refractivity contribution in [2.45, 2.75) is 53.0 Å². The summed E-state index contributed by atoms with van der Waals surface area (Å²) in [5, 5.41) is 8.16. The van der Waals surface area contributed by atoms with E-state index in [1.165, 1.54) is 0 Å². The summed E-state index contributed by atoms with van der Waals surface area (Å²) in [6.07, 6.45) is 1.92. The van der Waals surface area contributed by atoms with Crippen LogP contribution in [-0.4, -0.2) is 58.1 Å². The molecule has 26 heavy (non-hydrogen) atoms. The maximum absolute atomic E-state index is 12.5. The van der Waals surface area contributed by atoms with Gasteiger partial charge in [0, 0.05) is 32.0 Å². The molecule has 1 saturated heterocycles. The summed E-state index contributed by atoms with van der Waals surface area (Å²) < 4.78 is 11.2. The number of likely N-dealkylation sites (tertiary alicyclic amines) is 1. The van der Waals surface area contributed by atoms with Crippen molar-refractivity contribution < 1.29 is 13.6 Å². The Labute approximate surface area is 154 Å². The van der Waals surface area contributed by atoms with E-state index in [0.29, 0.717) is 30.7 Å². The normalized spacial score (nSPS) is 17.4. The van der Waals surface area contributed by atoms with Gasteiger partial charge in [-0.25, -0.2) is 0 Å². The van der Waals surface area contributed by atoms with E-state index in [1.54, 1.807) is 0 Å². The van der Waals surface area contributed by atoms with Gasteiger partial charge in [0.15, 0.2) is 0 Å². The minimum atomic E-state index is 0.162. The standard InChI is InChI=1S/C19H28N4O3/c1-5-22(6-2)15-9-10-23(12-15)18(24)8-7-17-20-21-19(26-17)16-11-13(3)25-14(16)4/h11,15H,5-10,12H2,1-4H3/t15-/m1/s1. The summed E-state index contributed by atoms with van der Waals surface area (Å²) in [6.45, 7) is 11.8. The predicted octanol–water partition coefficient (Wildman–Crippen LogP) is 2.82. The van der Waals surface area contributed by atoms with Crippen LogP contribution in [0.4, 0.5) is 0 Å². The van der Waals surface area contributed by atoms with Crippen molar-refractivity contribution in [3.63, 3.8) is 0 Å². The Morgan fingerprint density at radius 3 is 2.69 bits per heavy atom. The SMILES string of the molecule is CCN(CC)[C@@H]1CCN(C(=O)CCc2nnc(-c3cc(C)oc3C)o2)C1. The zero-order valence-electron chi connectivity index (χ0n) is 16.1. The van der Waals surface area contributed by atoms with E-state index in [1.807, 2.05) is 24.8 Å². The largest absolute Gasteiger partial charge is 0.466 e. The second-order valence-corrected chi connectivity index (χ2v) is 6.83. The first-order valence-electron chi connectivity index (χ1n) is 9.43. The first kappa shape index (κ1) is 18.6. The van der Waals surface area contributed by atoms with Crippen molar-refractivity contribution in [3.05, 3.63) is 23.5 Å². The highest BCUT2D eigenvalue weighted by molar-refractivity contribution is 5.76. The lowest BCUT2D eigenvalue weighted by Crippen LogP contribution is -2.38. The molecule has 3 heterocycles. The van der Waals surface area contributed by atoms with Crippen LogP contribution in [-0.2, 0) is 11.2 Å². The van der Waals surface area contributed by atoms with Crippen LogP contribution in [0.2, 0.25) is 0 Å². The van der Waals surface area contributed by atoms with Gasteiger partial charge in [-0.1, -0.05) is 13.8 Å². The van der Waals surface area contributed by atoms with Gasteiger partial charge in [0.2, 0.25) is 11.8 Å². The van der Waals surface area contributed by atoms with Crippen LogP contribution in [0.1, 0.15) is 44.1 Å². The molecule has 7 nitrogen and oxygen atoms in total. The van der Waals surface area contributed by atoms with Crippen LogP contribution in [0.3, 0.4) is 0 Å². The molecule has 0 N–H and O–H groups in total. The molecule has 1 aliphatic heterocycles. The third-order valence-electron chi connectivity index (χ3n) is 5.14.